The van der Waals surface area contributed by atoms with Crippen LogP contribution in [0.4, 0.5) is 14.5 Å². The molecule has 4 aromatic rings. The van der Waals surface area contributed by atoms with Gasteiger partial charge in [-0.05, 0) is 50.7 Å². The summed E-state index contributed by atoms with van der Waals surface area (Å²) in [6, 6.07) is 7.05. The van der Waals surface area contributed by atoms with Crippen LogP contribution >= 0.6 is 11.8 Å². The maximum Gasteiger partial charge on any atom is 0.387 e. The molecule has 0 saturated carbocycles. The fourth-order valence-corrected chi connectivity index (χ4v) is 5.89. The van der Waals surface area contributed by atoms with Crippen molar-refractivity contribution < 1.29 is 23.0 Å². The molecule has 2 fully saturated rings. The minimum Gasteiger partial charge on any atom is -0.434 e. The molecule has 2 aliphatic heterocycles. The predicted molar refractivity (Wildman–Crippen MR) is 141 cm³/mol. The van der Waals surface area contributed by atoms with E-state index in [0.717, 1.165) is 24.3 Å². The lowest BCUT2D eigenvalue weighted by molar-refractivity contribution is -0.0494. The molecule has 6 rings (SSSR count). The molecule has 10 nitrogen and oxygen atoms in total. The Labute approximate surface area is 227 Å². The number of alkyl halides is 2. The number of thioether (sulfide) groups is 1. The van der Waals surface area contributed by atoms with E-state index in [1.165, 1.54) is 16.8 Å². The summed E-state index contributed by atoms with van der Waals surface area (Å²) in [5.41, 5.74) is 1.77. The summed E-state index contributed by atoms with van der Waals surface area (Å²) in [7, 11) is 2.07. The SMILES string of the molecule is CN1CCC[C@@H]1Cn1cc(NC(=O)c2cnn3cccnc23)c(-c2cc(SC3COC3)ccc2OC(F)F)n1. The van der Waals surface area contributed by atoms with E-state index in [4.69, 9.17) is 14.6 Å². The number of likely N-dealkylation sites (tertiary alicyclic amines) is 1. The average Bonchev–Trinajstić information content (AvgIpc) is 3.61. The van der Waals surface area contributed by atoms with Crippen molar-refractivity contribution >= 4 is 29.0 Å². The molecular weight excluding hydrogens is 528 g/mol. The second-order valence-electron chi connectivity index (χ2n) is 9.60. The number of hydrogen-bond donors (Lipinski definition) is 1. The van der Waals surface area contributed by atoms with Gasteiger partial charge in [0, 0.05) is 35.1 Å². The molecule has 0 bridgehead atoms. The first-order valence-electron chi connectivity index (χ1n) is 12.7. The second-order valence-corrected chi connectivity index (χ2v) is 11.0. The van der Waals surface area contributed by atoms with Gasteiger partial charge in [-0.1, -0.05) is 0 Å². The molecule has 2 saturated heterocycles. The summed E-state index contributed by atoms with van der Waals surface area (Å²) in [6.45, 7) is -0.155. The van der Waals surface area contributed by atoms with Crippen molar-refractivity contribution in [2.24, 2.45) is 0 Å². The molecule has 1 aromatic carbocycles. The van der Waals surface area contributed by atoms with Gasteiger partial charge in [0.15, 0.2) is 5.65 Å². The summed E-state index contributed by atoms with van der Waals surface area (Å²) in [4.78, 5) is 20.8. The van der Waals surface area contributed by atoms with Gasteiger partial charge < -0.3 is 19.7 Å². The Morgan fingerprint density at radius 3 is 2.95 bits per heavy atom. The number of ether oxygens (including phenoxy) is 2. The third kappa shape index (κ3) is 5.47. The van der Waals surface area contributed by atoms with Crippen LogP contribution in [0.5, 0.6) is 5.75 Å². The van der Waals surface area contributed by atoms with Crippen molar-refractivity contribution in [2.75, 3.05) is 32.1 Å². The quantitative estimate of drug-likeness (QED) is 0.331. The number of fused-ring (bicyclic) bond motifs is 1. The Morgan fingerprint density at radius 2 is 2.21 bits per heavy atom. The first-order chi connectivity index (χ1) is 18.9. The van der Waals surface area contributed by atoms with Gasteiger partial charge in [0.25, 0.3) is 5.91 Å². The van der Waals surface area contributed by atoms with Crippen LogP contribution in [0.15, 0.2) is 53.9 Å². The fraction of sp³-hybridized carbons (Fsp3) is 0.385. The largest absolute Gasteiger partial charge is 0.434 e. The van der Waals surface area contributed by atoms with E-state index < -0.39 is 12.5 Å². The molecule has 0 radical (unpaired) electrons. The standard InChI is InChI=1S/C26H27F2N7O3S/c1-33-8-2-4-16(33)12-34-13-21(31-25(36)20-11-30-35-9-3-7-29-24(20)35)23(32-34)19-10-17(39-18-14-37-15-18)5-6-22(19)38-26(27)28/h3,5-7,9-11,13,16,18,26H,2,4,8,12,14-15H2,1H3,(H,31,36)/t16-/m1/s1. The third-order valence-corrected chi connectivity index (χ3v) is 8.07. The van der Waals surface area contributed by atoms with Crippen molar-refractivity contribution in [1.82, 2.24) is 29.3 Å². The van der Waals surface area contributed by atoms with E-state index in [0.29, 0.717) is 42.4 Å². The van der Waals surface area contributed by atoms with E-state index in [1.54, 1.807) is 53.2 Å². The maximum atomic E-state index is 13.4. The number of nitrogens with zero attached hydrogens (tertiary/aromatic N) is 6. The number of likely N-dealkylation sites (N-methyl/N-ethyl adjacent to an activating group) is 1. The Bertz CT molecular complexity index is 1490. The number of nitrogens with one attached hydrogen (secondary N) is 1. The number of halogens is 2. The monoisotopic (exact) mass is 555 g/mol. The summed E-state index contributed by atoms with van der Waals surface area (Å²) in [5.74, 6) is -0.452. The average molecular weight is 556 g/mol. The molecule has 1 atom stereocenters. The van der Waals surface area contributed by atoms with E-state index in [2.05, 4.69) is 27.3 Å². The highest BCUT2D eigenvalue weighted by Crippen LogP contribution is 2.40. The molecule has 3 aromatic heterocycles. The molecule has 1 N–H and O–H groups in total. The lowest BCUT2D eigenvalue weighted by Gasteiger charge is -2.25. The van der Waals surface area contributed by atoms with E-state index in [9.17, 15) is 13.6 Å². The fourth-order valence-electron chi connectivity index (χ4n) is 4.85. The van der Waals surface area contributed by atoms with Crippen molar-refractivity contribution in [1.29, 1.82) is 0 Å². The van der Waals surface area contributed by atoms with Crippen LogP contribution in [0, 0.1) is 0 Å². The molecule has 13 heteroatoms. The number of benzene rings is 1. The Morgan fingerprint density at radius 1 is 1.33 bits per heavy atom. The Balaban J connectivity index is 1.39. The number of hydrogen-bond acceptors (Lipinski definition) is 8. The second kappa shape index (κ2) is 10.9. The molecule has 0 unspecified atom stereocenters. The van der Waals surface area contributed by atoms with Crippen LogP contribution in [-0.2, 0) is 11.3 Å². The third-order valence-electron chi connectivity index (χ3n) is 6.94. The lowest BCUT2D eigenvalue weighted by atomic mass is 10.1. The van der Waals surface area contributed by atoms with Gasteiger partial charge in [-0.25, -0.2) is 9.50 Å². The van der Waals surface area contributed by atoms with Crippen LogP contribution in [0.1, 0.15) is 23.2 Å². The smallest absolute Gasteiger partial charge is 0.387 e. The summed E-state index contributed by atoms with van der Waals surface area (Å²) in [6.07, 6.45) is 8.58. The number of aromatic nitrogens is 5. The highest BCUT2D eigenvalue weighted by atomic mass is 32.2. The molecule has 0 aliphatic carbocycles. The van der Waals surface area contributed by atoms with Crippen LogP contribution in [0.2, 0.25) is 0 Å². The van der Waals surface area contributed by atoms with Crippen molar-refractivity contribution in [3.05, 3.63) is 54.6 Å². The zero-order valence-corrected chi connectivity index (χ0v) is 22.0. The minimum absolute atomic E-state index is 0.0180. The topological polar surface area (TPSA) is 98.8 Å². The Hall–Kier alpha value is -3.55. The van der Waals surface area contributed by atoms with Gasteiger partial charge in [0.05, 0.1) is 36.9 Å². The maximum absolute atomic E-state index is 13.4. The van der Waals surface area contributed by atoms with Gasteiger partial charge in [-0.3, -0.25) is 9.48 Å². The van der Waals surface area contributed by atoms with Gasteiger partial charge in [-0.15, -0.1) is 11.8 Å². The lowest BCUT2D eigenvalue weighted by Crippen LogP contribution is -2.30. The zero-order valence-electron chi connectivity index (χ0n) is 21.2. The first kappa shape index (κ1) is 25.7. The minimum atomic E-state index is -3.01. The van der Waals surface area contributed by atoms with E-state index >= 15 is 0 Å². The van der Waals surface area contributed by atoms with Crippen molar-refractivity contribution in [3.63, 3.8) is 0 Å². The van der Waals surface area contributed by atoms with Gasteiger partial charge in [0.2, 0.25) is 0 Å². The normalized spacial score (nSPS) is 18.1. The van der Waals surface area contributed by atoms with E-state index in [1.807, 2.05) is 0 Å². The highest BCUT2D eigenvalue weighted by molar-refractivity contribution is 8.00. The number of carbonyl (C=O) groups is 1. The summed E-state index contributed by atoms with van der Waals surface area (Å²) in [5, 5.41) is 12.2. The van der Waals surface area contributed by atoms with Crippen LogP contribution in [0.25, 0.3) is 16.9 Å². The van der Waals surface area contributed by atoms with Crippen molar-refractivity contribution in [3.8, 4) is 17.0 Å². The van der Waals surface area contributed by atoms with Gasteiger partial charge in [0.1, 0.15) is 17.0 Å². The van der Waals surface area contributed by atoms with Crippen molar-refractivity contribution in [2.45, 2.75) is 42.2 Å². The van der Waals surface area contributed by atoms with Gasteiger partial charge >= 0.3 is 6.61 Å². The molecule has 5 heterocycles. The molecular formula is C26H27F2N7O3S. The molecule has 2 aliphatic rings. The number of carbonyl (C=O) groups excluding carboxylic acids is 1. The van der Waals surface area contributed by atoms with Crippen LogP contribution in [-0.4, -0.2) is 79.9 Å². The van der Waals surface area contributed by atoms with Crippen LogP contribution in [0.3, 0.4) is 0 Å². The first-order valence-corrected chi connectivity index (χ1v) is 13.5. The number of amides is 1. The zero-order chi connectivity index (χ0) is 26.9. The highest BCUT2D eigenvalue weighted by Gasteiger charge is 2.26. The Kier molecular flexibility index (Phi) is 7.19. The summed E-state index contributed by atoms with van der Waals surface area (Å²) < 4.78 is 40.2. The van der Waals surface area contributed by atoms with E-state index in [-0.39, 0.29) is 22.6 Å². The summed E-state index contributed by atoms with van der Waals surface area (Å²) >= 11 is 1.60. The van der Waals surface area contributed by atoms with Gasteiger partial charge in [-0.2, -0.15) is 19.0 Å². The number of rotatable bonds is 9. The number of anilines is 1. The molecule has 204 valence electrons. The molecule has 1 amide bonds. The molecule has 0 spiro atoms. The molecule has 39 heavy (non-hydrogen) atoms. The van der Waals surface area contributed by atoms with Crippen LogP contribution < -0.4 is 10.1 Å². The predicted octanol–water partition coefficient (Wildman–Crippen LogP) is 4.03.